The molecule has 0 aliphatic heterocycles. The number of ether oxygens (including phenoxy) is 1. The summed E-state index contributed by atoms with van der Waals surface area (Å²) in [5.74, 6) is -0.249. The normalized spacial score (nSPS) is 10.4. The second-order valence-electron chi connectivity index (χ2n) is 5.57. The number of hydrogen-bond donors (Lipinski definition) is 1. The topological polar surface area (TPSA) is 73.2 Å². The molecule has 0 unspecified atom stereocenters. The average Bonchev–Trinajstić information content (AvgIpc) is 2.64. The molecule has 7 heteroatoms. The third kappa shape index (κ3) is 4.10. The number of aromatic nitrogens is 2. The number of amides is 1. The number of benzene rings is 1. The molecule has 26 heavy (non-hydrogen) atoms. The molecular weight excluding hydrogens is 354 g/mol. The Hall–Kier alpha value is -3.12. The molecule has 0 aliphatic carbocycles. The molecule has 0 radical (unpaired) electrons. The highest BCUT2D eigenvalue weighted by atomic mass is 35.5. The van der Waals surface area contributed by atoms with Crippen molar-refractivity contribution < 1.29 is 9.53 Å². The van der Waals surface area contributed by atoms with Crippen LogP contribution in [-0.4, -0.2) is 15.5 Å². The molecule has 0 saturated heterocycles. The van der Waals surface area contributed by atoms with E-state index in [1.54, 1.807) is 42.2 Å². The maximum Gasteiger partial charge on any atom is 0.272 e. The highest BCUT2D eigenvalue weighted by Crippen LogP contribution is 2.17. The van der Waals surface area contributed by atoms with Crippen LogP contribution in [0.25, 0.3) is 0 Å². The molecule has 3 aromatic rings. The van der Waals surface area contributed by atoms with Crippen LogP contribution in [0.5, 0.6) is 5.75 Å². The Balaban J connectivity index is 1.77. The summed E-state index contributed by atoms with van der Waals surface area (Å²) in [5, 5.41) is 3.28. The smallest absolute Gasteiger partial charge is 0.272 e. The zero-order valence-electron chi connectivity index (χ0n) is 14.0. The van der Waals surface area contributed by atoms with E-state index in [1.807, 2.05) is 18.2 Å². The maximum atomic E-state index is 12.4. The first kappa shape index (κ1) is 17.7. The fourth-order valence-electron chi connectivity index (χ4n) is 2.34. The van der Waals surface area contributed by atoms with E-state index >= 15 is 0 Å². The van der Waals surface area contributed by atoms with Gasteiger partial charge in [0.1, 0.15) is 12.3 Å². The van der Waals surface area contributed by atoms with Crippen LogP contribution in [0.1, 0.15) is 16.1 Å². The minimum absolute atomic E-state index is 0.146. The van der Waals surface area contributed by atoms with Crippen molar-refractivity contribution in [3.8, 4) is 5.75 Å². The number of hydrogen-bond acceptors (Lipinski definition) is 4. The third-order valence-electron chi connectivity index (χ3n) is 3.71. The summed E-state index contributed by atoms with van der Waals surface area (Å²) in [5.41, 5.74) is 1.21. The summed E-state index contributed by atoms with van der Waals surface area (Å²) < 4.78 is 7.12. The number of carbonyl (C=O) groups is 1. The van der Waals surface area contributed by atoms with Gasteiger partial charge in [-0.3, -0.25) is 14.6 Å². The van der Waals surface area contributed by atoms with Gasteiger partial charge in [0.25, 0.3) is 5.91 Å². The minimum Gasteiger partial charge on any atom is -0.483 e. The van der Waals surface area contributed by atoms with Crippen molar-refractivity contribution in [3.63, 3.8) is 0 Å². The molecule has 0 spiro atoms. The van der Waals surface area contributed by atoms with Gasteiger partial charge in [-0.2, -0.15) is 0 Å². The lowest BCUT2D eigenvalue weighted by molar-refractivity contribution is 0.101. The number of nitrogens with one attached hydrogen (secondary N) is 1. The molecule has 0 fully saturated rings. The number of anilines is 1. The van der Waals surface area contributed by atoms with Crippen molar-refractivity contribution in [1.82, 2.24) is 9.55 Å². The minimum atomic E-state index is -0.395. The molecule has 132 valence electrons. The molecule has 2 aromatic heterocycles. The fraction of sp³-hybridized carbons (Fsp3) is 0.105. The van der Waals surface area contributed by atoms with Gasteiger partial charge in [0, 0.05) is 41.8 Å². The molecule has 0 aliphatic rings. The number of pyridine rings is 2. The molecule has 1 N–H and O–H groups in total. The van der Waals surface area contributed by atoms with Crippen LogP contribution < -0.4 is 15.5 Å². The highest BCUT2D eigenvalue weighted by Gasteiger charge is 2.13. The number of aryl methyl sites for hydroxylation is 1. The fourth-order valence-corrected chi connectivity index (χ4v) is 2.53. The number of carbonyl (C=O) groups excluding carboxylic acids is 1. The van der Waals surface area contributed by atoms with Gasteiger partial charge < -0.3 is 14.6 Å². The van der Waals surface area contributed by atoms with E-state index in [0.29, 0.717) is 10.7 Å². The van der Waals surface area contributed by atoms with Gasteiger partial charge in [0.2, 0.25) is 5.43 Å². The Morgan fingerprint density at radius 2 is 1.96 bits per heavy atom. The quantitative estimate of drug-likeness (QED) is 0.749. The summed E-state index contributed by atoms with van der Waals surface area (Å²) in [7, 11) is 1.67. The van der Waals surface area contributed by atoms with Crippen molar-refractivity contribution in [2.75, 3.05) is 5.32 Å². The van der Waals surface area contributed by atoms with Crippen molar-refractivity contribution >= 4 is 23.2 Å². The second kappa shape index (κ2) is 7.84. The Bertz CT molecular complexity index is 987. The van der Waals surface area contributed by atoms with Gasteiger partial charge >= 0.3 is 0 Å². The van der Waals surface area contributed by atoms with Crippen molar-refractivity contribution in [3.05, 3.63) is 87.6 Å². The first-order valence-corrected chi connectivity index (χ1v) is 8.20. The first-order chi connectivity index (χ1) is 12.5. The summed E-state index contributed by atoms with van der Waals surface area (Å²) in [6.07, 6.45) is 4.63. The Morgan fingerprint density at radius 1 is 1.23 bits per heavy atom. The van der Waals surface area contributed by atoms with Gasteiger partial charge in [0.05, 0.1) is 6.20 Å². The molecule has 3 rings (SSSR count). The Labute approximate surface area is 155 Å². The van der Waals surface area contributed by atoms with E-state index in [4.69, 9.17) is 16.3 Å². The third-order valence-corrected chi connectivity index (χ3v) is 4.08. The zero-order valence-corrected chi connectivity index (χ0v) is 14.7. The Kier molecular flexibility index (Phi) is 5.34. The summed E-state index contributed by atoms with van der Waals surface area (Å²) in [6.45, 7) is 0.164. The largest absolute Gasteiger partial charge is 0.483 e. The van der Waals surface area contributed by atoms with Gasteiger partial charge in [-0.05, 0) is 18.2 Å². The lowest BCUT2D eigenvalue weighted by Crippen LogP contribution is -2.21. The van der Waals surface area contributed by atoms with Crippen molar-refractivity contribution in [1.29, 1.82) is 0 Å². The number of nitrogens with zero attached hydrogens (tertiary/aromatic N) is 2. The van der Waals surface area contributed by atoms with Crippen LogP contribution in [-0.2, 0) is 13.7 Å². The monoisotopic (exact) mass is 369 g/mol. The average molecular weight is 370 g/mol. The Morgan fingerprint density at radius 3 is 2.69 bits per heavy atom. The summed E-state index contributed by atoms with van der Waals surface area (Å²) in [4.78, 5) is 28.6. The predicted molar refractivity (Wildman–Crippen MR) is 99.7 cm³/mol. The van der Waals surface area contributed by atoms with Gasteiger partial charge in [-0.1, -0.05) is 29.8 Å². The second-order valence-corrected chi connectivity index (χ2v) is 5.98. The van der Waals surface area contributed by atoms with Crippen LogP contribution in [0.3, 0.4) is 0 Å². The standard InChI is InChI=1S/C19H16ClN3O3/c1-23-11-18(26-12-13-4-2-3-5-15(13)20)17(24)10-16(23)19(25)22-14-6-8-21-9-7-14/h2-11H,12H2,1H3,(H,21,22,25). The lowest BCUT2D eigenvalue weighted by Gasteiger charge is -2.12. The van der Waals surface area contributed by atoms with Crippen LogP contribution in [0.2, 0.25) is 5.02 Å². The van der Waals surface area contributed by atoms with E-state index in [0.717, 1.165) is 5.56 Å². The zero-order chi connectivity index (χ0) is 18.5. The van der Waals surface area contributed by atoms with E-state index in [2.05, 4.69) is 10.3 Å². The van der Waals surface area contributed by atoms with Crippen LogP contribution in [0.4, 0.5) is 5.69 Å². The van der Waals surface area contributed by atoms with E-state index in [-0.39, 0.29) is 23.5 Å². The summed E-state index contributed by atoms with van der Waals surface area (Å²) in [6, 6.07) is 11.8. The van der Waals surface area contributed by atoms with Crippen LogP contribution >= 0.6 is 11.6 Å². The van der Waals surface area contributed by atoms with Crippen LogP contribution in [0.15, 0.2) is 65.8 Å². The van der Waals surface area contributed by atoms with E-state index in [9.17, 15) is 9.59 Å². The molecule has 0 saturated carbocycles. The number of rotatable bonds is 5. The van der Waals surface area contributed by atoms with Crippen molar-refractivity contribution in [2.24, 2.45) is 7.05 Å². The van der Waals surface area contributed by atoms with Gasteiger partial charge in [-0.15, -0.1) is 0 Å². The van der Waals surface area contributed by atoms with Crippen LogP contribution in [0, 0.1) is 0 Å². The predicted octanol–water partition coefficient (Wildman–Crippen LogP) is 3.27. The van der Waals surface area contributed by atoms with Gasteiger partial charge in [0.15, 0.2) is 5.75 Å². The van der Waals surface area contributed by atoms with Gasteiger partial charge in [-0.25, -0.2) is 0 Å². The molecule has 1 aromatic carbocycles. The summed E-state index contributed by atoms with van der Waals surface area (Å²) >= 11 is 6.08. The van der Waals surface area contributed by atoms with E-state index < -0.39 is 5.91 Å². The first-order valence-electron chi connectivity index (χ1n) is 7.83. The van der Waals surface area contributed by atoms with Crippen molar-refractivity contribution in [2.45, 2.75) is 6.61 Å². The molecule has 0 atom stereocenters. The number of halogens is 1. The molecule has 1 amide bonds. The van der Waals surface area contributed by atoms with E-state index in [1.165, 1.54) is 12.3 Å². The molecule has 0 bridgehead atoms. The SMILES string of the molecule is Cn1cc(OCc2ccccc2Cl)c(=O)cc1C(=O)Nc1ccncc1. The molecular formula is C19H16ClN3O3. The highest BCUT2D eigenvalue weighted by molar-refractivity contribution is 6.31. The molecule has 6 nitrogen and oxygen atoms in total. The molecule has 2 heterocycles. The lowest BCUT2D eigenvalue weighted by atomic mass is 10.2. The maximum absolute atomic E-state index is 12.4.